The molecule has 0 radical (unpaired) electrons. The molecule has 9 heteroatoms. The number of nitro groups is 1. The minimum absolute atomic E-state index is 0.140. The summed E-state index contributed by atoms with van der Waals surface area (Å²) in [6, 6.07) is 8.50. The van der Waals surface area contributed by atoms with Crippen LogP contribution in [0, 0.1) is 10.1 Å². The predicted molar refractivity (Wildman–Crippen MR) is 71.3 cm³/mol. The van der Waals surface area contributed by atoms with Gasteiger partial charge in [-0.2, -0.15) is 4.98 Å². The number of carbonyl (C=O) groups excluding carboxylic acids is 1. The van der Waals surface area contributed by atoms with Crippen molar-refractivity contribution in [1.82, 2.24) is 10.4 Å². The van der Waals surface area contributed by atoms with Crippen molar-refractivity contribution in [2.24, 2.45) is 0 Å². The lowest BCUT2D eigenvalue weighted by Gasteiger charge is -2.04. The van der Waals surface area contributed by atoms with Crippen LogP contribution in [0.4, 0.5) is 10.1 Å². The molecule has 2 aromatic rings. The maximum atomic E-state index is 11.7. The summed E-state index contributed by atoms with van der Waals surface area (Å²) in [4.78, 5) is 25.3. The van der Waals surface area contributed by atoms with Crippen molar-refractivity contribution in [1.29, 1.82) is 0 Å². The van der Waals surface area contributed by atoms with Gasteiger partial charge in [-0.25, -0.2) is 0 Å². The van der Waals surface area contributed by atoms with Crippen LogP contribution in [0.5, 0.6) is 0 Å². The van der Waals surface area contributed by atoms with E-state index in [1.807, 2.05) is 0 Å². The lowest BCUT2D eigenvalue weighted by molar-refractivity contribution is -0.380. The lowest BCUT2D eigenvalue weighted by Crippen LogP contribution is -2.29. The molecular formula is C10H7ClN4O3S. The van der Waals surface area contributed by atoms with Crippen LogP contribution in [-0.2, 0) is 0 Å². The van der Waals surface area contributed by atoms with Crippen molar-refractivity contribution in [2.45, 2.75) is 0 Å². The van der Waals surface area contributed by atoms with E-state index >= 15 is 0 Å². The zero-order valence-corrected chi connectivity index (χ0v) is 10.9. The van der Waals surface area contributed by atoms with Crippen LogP contribution in [-0.4, -0.2) is 15.8 Å². The van der Waals surface area contributed by atoms with Crippen LogP contribution in [0.3, 0.4) is 0 Å². The standard InChI is InChI=1S/C10H7ClN4O3S/c11-7-9(15(17)18)19-10(12-7)14-13-8(16)6-4-2-1-3-5-6/h1-5H,(H,12,14)(H,13,16). The molecule has 0 unspecified atom stereocenters. The number of amides is 1. The quantitative estimate of drug-likeness (QED) is 0.667. The normalized spacial score (nSPS) is 9.95. The summed E-state index contributed by atoms with van der Waals surface area (Å²) in [5.41, 5.74) is 5.30. The number of anilines is 1. The van der Waals surface area contributed by atoms with Gasteiger partial charge in [0.05, 0.1) is 4.92 Å². The molecule has 0 aliphatic rings. The molecule has 0 saturated carbocycles. The molecule has 0 atom stereocenters. The van der Waals surface area contributed by atoms with Crippen molar-refractivity contribution < 1.29 is 9.72 Å². The first-order valence-corrected chi connectivity index (χ1v) is 6.19. The third-order valence-electron chi connectivity index (χ3n) is 2.05. The molecule has 7 nitrogen and oxygen atoms in total. The van der Waals surface area contributed by atoms with E-state index < -0.39 is 4.92 Å². The maximum absolute atomic E-state index is 11.7. The molecule has 0 saturated heterocycles. The number of halogens is 1. The summed E-state index contributed by atoms with van der Waals surface area (Å²) in [5, 5.41) is 10.2. The molecule has 2 N–H and O–H groups in total. The molecule has 0 aliphatic heterocycles. The van der Waals surface area contributed by atoms with Crippen LogP contribution in [0.1, 0.15) is 10.4 Å². The van der Waals surface area contributed by atoms with Crippen molar-refractivity contribution in [3.63, 3.8) is 0 Å². The van der Waals surface area contributed by atoms with Crippen molar-refractivity contribution in [2.75, 3.05) is 5.43 Å². The Kier molecular flexibility index (Phi) is 3.93. The third kappa shape index (κ3) is 3.18. The van der Waals surface area contributed by atoms with Crippen LogP contribution in [0.25, 0.3) is 0 Å². The van der Waals surface area contributed by atoms with E-state index in [9.17, 15) is 14.9 Å². The number of nitrogens with one attached hydrogen (secondary N) is 2. The van der Waals surface area contributed by atoms with Gasteiger partial charge in [0.25, 0.3) is 5.91 Å². The third-order valence-corrected chi connectivity index (χ3v) is 3.35. The van der Waals surface area contributed by atoms with Gasteiger partial charge < -0.3 is 0 Å². The summed E-state index contributed by atoms with van der Waals surface area (Å²) in [5.74, 6) is -0.380. The van der Waals surface area contributed by atoms with E-state index in [0.29, 0.717) is 5.56 Å². The summed E-state index contributed by atoms with van der Waals surface area (Å²) in [6.45, 7) is 0. The van der Waals surface area contributed by atoms with Crippen molar-refractivity contribution >= 4 is 39.0 Å². The Morgan fingerprint density at radius 1 is 1.37 bits per heavy atom. The van der Waals surface area contributed by atoms with Gasteiger partial charge in [-0.15, -0.1) is 0 Å². The fraction of sp³-hybridized carbons (Fsp3) is 0. The van der Waals surface area contributed by atoms with Gasteiger partial charge in [-0.05, 0) is 23.5 Å². The van der Waals surface area contributed by atoms with E-state index in [2.05, 4.69) is 15.8 Å². The Hall–Kier alpha value is -2.19. The summed E-state index contributed by atoms with van der Waals surface area (Å²) < 4.78 is 0. The van der Waals surface area contributed by atoms with Gasteiger partial charge in [-0.3, -0.25) is 25.8 Å². The molecule has 1 heterocycles. The second-order valence-corrected chi connectivity index (χ2v) is 4.65. The number of benzene rings is 1. The molecule has 0 bridgehead atoms. The Labute approximate surface area is 116 Å². The SMILES string of the molecule is O=C(NNc1nc(Cl)c([N+](=O)[O-])s1)c1ccccc1. The van der Waals surface area contributed by atoms with E-state index in [1.165, 1.54) is 0 Å². The molecule has 1 aromatic heterocycles. The van der Waals surface area contributed by atoms with Gasteiger partial charge in [-0.1, -0.05) is 29.8 Å². The number of carbonyl (C=O) groups is 1. The fourth-order valence-electron chi connectivity index (χ4n) is 1.23. The topological polar surface area (TPSA) is 97.2 Å². The molecule has 0 aliphatic carbocycles. The Morgan fingerprint density at radius 2 is 2.05 bits per heavy atom. The predicted octanol–water partition coefficient (Wildman–Crippen LogP) is 2.46. The second kappa shape index (κ2) is 5.63. The second-order valence-electron chi connectivity index (χ2n) is 3.32. The molecule has 98 valence electrons. The number of hydrogen-bond acceptors (Lipinski definition) is 6. The van der Waals surface area contributed by atoms with E-state index in [1.54, 1.807) is 30.3 Å². The Balaban J connectivity index is 2.01. The van der Waals surface area contributed by atoms with E-state index in [0.717, 1.165) is 11.3 Å². The maximum Gasteiger partial charge on any atom is 0.364 e. The highest BCUT2D eigenvalue weighted by molar-refractivity contribution is 7.19. The molecule has 2 rings (SSSR count). The van der Waals surface area contributed by atoms with Crippen molar-refractivity contribution in [3.05, 3.63) is 51.2 Å². The monoisotopic (exact) mass is 298 g/mol. The zero-order valence-electron chi connectivity index (χ0n) is 9.29. The molecule has 1 amide bonds. The van der Waals surface area contributed by atoms with Gasteiger partial charge in [0, 0.05) is 5.56 Å². The van der Waals surface area contributed by atoms with Gasteiger partial charge in [0.15, 0.2) is 0 Å². The fourth-order valence-corrected chi connectivity index (χ4v) is 2.18. The Morgan fingerprint density at radius 3 is 2.63 bits per heavy atom. The zero-order chi connectivity index (χ0) is 13.8. The number of rotatable bonds is 4. The first-order valence-electron chi connectivity index (χ1n) is 5.00. The number of hydrogen-bond donors (Lipinski definition) is 2. The van der Waals surface area contributed by atoms with E-state index in [4.69, 9.17) is 11.6 Å². The van der Waals surface area contributed by atoms with Crippen molar-refractivity contribution in [3.8, 4) is 0 Å². The molecular weight excluding hydrogens is 292 g/mol. The highest BCUT2D eigenvalue weighted by atomic mass is 35.5. The van der Waals surface area contributed by atoms with Gasteiger partial charge >= 0.3 is 5.00 Å². The average molecular weight is 299 g/mol. The van der Waals surface area contributed by atoms with E-state index in [-0.39, 0.29) is 21.2 Å². The minimum atomic E-state index is -0.635. The highest BCUT2D eigenvalue weighted by Gasteiger charge is 2.19. The van der Waals surface area contributed by atoms with Crippen LogP contribution >= 0.6 is 22.9 Å². The smallest absolute Gasteiger partial charge is 0.273 e. The number of hydrazine groups is 1. The molecule has 1 aromatic carbocycles. The summed E-state index contributed by atoms with van der Waals surface area (Å²) in [6.07, 6.45) is 0. The van der Waals surface area contributed by atoms with Crippen LogP contribution in [0.2, 0.25) is 5.15 Å². The number of nitrogens with zero attached hydrogens (tertiary/aromatic N) is 2. The van der Waals surface area contributed by atoms with Gasteiger partial charge in [0.2, 0.25) is 10.3 Å². The summed E-state index contributed by atoms with van der Waals surface area (Å²) >= 11 is 6.31. The summed E-state index contributed by atoms with van der Waals surface area (Å²) in [7, 11) is 0. The first kappa shape index (κ1) is 13.2. The number of thiazole rings is 1. The average Bonchev–Trinajstić information content (AvgIpc) is 2.78. The highest BCUT2D eigenvalue weighted by Crippen LogP contribution is 2.33. The lowest BCUT2D eigenvalue weighted by atomic mass is 10.2. The van der Waals surface area contributed by atoms with Crippen LogP contribution in [0.15, 0.2) is 30.3 Å². The Bertz CT molecular complexity index is 616. The largest absolute Gasteiger partial charge is 0.364 e. The van der Waals surface area contributed by atoms with Gasteiger partial charge in [0.1, 0.15) is 0 Å². The number of aromatic nitrogens is 1. The molecule has 0 fully saturated rings. The minimum Gasteiger partial charge on any atom is -0.273 e. The first-order chi connectivity index (χ1) is 9.08. The molecule has 19 heavy (non-hydrogen) atoms. The van der Waals surface area contributed by atoms with Crippen LogP contribution < -0.4 is 10.9 Å². The molecule has 0 spiro atoms.